The Labute approximate surface area is 172 Å². The quantitative estimate of drug-likeness (QED) is 0.681. The summed E-state index contributed by atoms with van der Waals surface area (Å²) in [6.07, 6.45) is 1.91. The second-order valence-corrected chi connectivity index (χ2v) is 7.91. The Morgan fingerprint density at radius 2 is 1.72 bits per heavy atom. The first-order valence-corrected chi connectivity index (χ1v) is 10.4. The number of methoxy groups -OCH3 is 1. The van der Waals surface area contributed by atoms with Crippen LogP contribution in [0, 0.1) is 5.92 Å². The molecule has 1 fully saturated rings. The number of fused-ring (bicyclic) bond motifs is 1. The van der Waals surface area contributed by atoms with Crippen LogP contribution in [0.2, 0.25) is 0 Å². The number of piperidine rings is 1. The molecular formula is C25H29N2O2+. The Balaban J connectivity index is 1.28. The van der Waals surface area contributed by atoms with Gasteiger partial charge in [0, 0.05) is 30.9 Å². The molecule has 0 unspecified atom stereocenters. The molecule has 1 aliphatic heterocycles. The first-order chi connectivity index (χ1) is 14.2. The molecule has 2 N–H and O–H groups in total. The Morgan fingerprint density at radius 1 is 1.00 bits per heavy atom. The van der Waals surface area contributed by atoms with Crippen molar-refractivity contribution < 1.29 is 14.4 Å². The average Bonchev–Trinajstić information content (AvgIpc) is 2.78. The van der Waals surface area contributed by atoms with Gasteiger partial charge in [0.1, 0.15) is 12.3 Å². The van der Waals surface area contributed by atoms with Crippen LogP contribution in [0.5, 0.6) is 5.75 Å². The number of hydrogen-bond acceptors (Lipinski definition) is 2. The van der Waals surface area contributed by atoms with E-state index in [0.717, 1.165) is 43.8 Å². The maximum Gasteiger partial charge on any atom is 0.223 e. The second kappa shape index (κ2) is 9.10. The molecule has 1 heterocycles. The van der Waals surface area contributed by atoms with E-state index in [-0.39, 0.29) is 11.8 Å². The van der Waals surface area contributed by atoms with Crippen LogP contribution in [0.15, 0.2) is 66.7 Å². The lowest BCUT2D eigenvalue weighted by molar-refractivity contribution is -0.919. The molecule has 4 heteroatoms. The molecule has 0 aromatic heterocycles. The fraction of sp³-hybridized carbons (Fsp3) is 0.320. The van der Waals surface area contributed by atoms with Gasteiger partial charge in [-0.2, -0.15) is 0 Å². The van der Waals surface area contributed by atoms with Gasteiger partial charge in [-0.1, -0.05) is 54.6 Å². The van der Waals surface area contributed by atoms with Gasteiger partial charge in [0.05, 0.1) is 20.2 Å². The molecule has 29 heavy (non-hydrogen) atoms. The fourth-order valence-corrected chi connectivity index (χ4v) is 4.26. The molecule has 1 saturated heterocycles. The number of quaternary nitrogens is 1. The molecule has 0 radical (unpaired) electrons. The number of carbonyl (C=O) groups excluding carboxylic acids is 1. The van der Waals surface area contributed by atoms with Crippen LogP contribution in [-0.4, -0.2) is 26.1 Å². The van der Waals surface area contributed by atoms with Crippen molar-refractivity contribution in [3.05, 3.63) is 77.9 Å². The molecule has 3 aromatic carbocycles. The van der Waals surface area contributed by atoms with E-state index < -0.39 is 0 Å². The molecule has 0 spiro atoms. The van der Waals surface area contributed by atoms with E-state index in [1.165, 1.54) is 16.3 Å². The van der Waals surface area contributed by atoms with Gasteiger partial charge in [-0.3, -0.25) is 4.79 Å². The summed E-state index contributed by atoms with van der Waals surface area (Å²) in [5, 5.41) is 5.76. The zero-order chi connectivity index (χ0) is 20.1. The van der Waals surface area contributed by atoms with E-state index in [2.05, 4.69) is 47.8 Å². The van der Waals surface area contributed by atoms with Crippen molar-refractivity contribution in [1.82, 2.24) is 5.32 Å². The van der Waals surface area contributed by atoms with Crippen molar-refractivity contribution in [1.29, 1.82) is 0 Å². The zero-order valence-electron chi connectivity index (χ0n) is 17.0. The van der Waals surface area contributed by atoms with Crippen LogP contribution >= 0.6 is 0 Å². The minimum Gasteiger partial charge on any atom is -0.497 e. The highest BCUT2D eigenvalue weighted by Gasteiger charge is 2.27. The summed E-state index contributed by atoms with van der Waals surface area (Å²) in [6, 6.07) is 23.0. The van der Waals surface area contributed by atoms with Crippen LogP contribution < -0.4 is 15.0 Å². The molecule has 0 aliphatic carbocycles. The number of nitrogens with one attached hydrogen (secondary N) is 2. The Bertz CT molecular complexity index is 955. The van der Waals surface area contributed by atoms with Gasteiger partial charge in [0.2, 0.25) is 5.91 Å². The molecule has 0 atom stereocenters. The van der Waals surface area contributed by atoms with E-state index in [9.17, 15) is 4.79 Å². The van der Waals surface area contributed by atoms with Crippen LogP contribution in [0.3, 0.4) is 0 Å². The Morgan fingerprint density at radius 3 is 2.48 bits per heavy atom. The van der Waals surface area contributed by atoms with E-state index in [1.54, 1.807) is 12.0 Å². The highest BCUT2D eigenvalue weighted by Crippen LogP contribution is 2.18. The number of amides is 1. The van der Waals surface area contributed by atoms with Gasteiger partial charge in [-0.25, -0.2) is 0 Å². The molecule has 150 valence electrons. The molecule has 1 aliphatic rings. The first kappa shape index (κ1) is 19.5. The number of likely N-dealkylation sites (tertiary alicyclic amines) is 1. The Kier molecular flexibility index (Phi) is 6.11. The van der Waals surface area contributed by atoms with E-state index in [4.69, 9.17) is 4.74 Å². The minimum atomic E-state index is 0.129. The van der Waals surface area contributed by atoms with Crippen LogP contribution in [0.25, 0.3) is 10.8 Å². The van der Waals surface area contributed by atoms with E-state index in [1.807, 2.05) is 24.3 Å². The van der Waals surface area contributed by atoms with Gasteiger partial charge in [0.15, 0.2) is 0 Å². The first-order valence-electron chi connectivity index (χ1n) is 10.4. The number of ether oxygens (including phenoxy) is 1. The lowest BCUT2D eigenvalue weighted by Crippen LogP contribution is -3.11. The van der Waals surface area contributed by atoms with Gasteiger partial charge < -0.3 is 15.0 Å². The van der Waals surface area contributed by atoms with Gasteiger partial charge >= 0.3 is 0 Å². The fourth-order valence-electron chi connectivity index (χ4n) is 4.26. The predicted molar refractivity (Wildman–Crippen MR) is 116 cm³/mol. The standard InChI is InChI=1S/C25H28N2O2/c1-29-23-11-9-19(10-12-23)17-26-25(28)21-13-15-27(16-14-21)18-22-7-4-6-20-5-2-3-8-24(20)22/h2-12,21H,13-18H2,1H3,(H,26,28)/p+1. The number of hydrogen-bond donors (Lipinski definition) is 2. The monoisotopic (exact) mass is 389 g/mol. The summed E-state index contributed by atoms with van der Waals surface area (Å²) in [7, 11) is 1.66. The third kappa shape index (κ3) is 4.77. The second-order valence-electron chi connectivity index (χ2n) is 7.91. The lowest BCUT2D eigenvalue weighted by atomic mass is 9.95. The molecule has 0 saturated carbocycles. The molecular weight excluding hydrogens is 360 g/mol. The average molecular weight is 390 g/mol. The summed E-state index contributed by atoms with van der Waals surface area (Å²) in [5.41, 5.74) is 2.50. The van der Waals surface area contributed by atoms with Crippen molar-refractivity contribution in [2.75, 3.05) is 20.2 Å². The number of benzene rings is 3. The minimum absolute atomic E-state index is 0.129. The topological polar surface area (TPSA) is 42.8 Å². The summed E-state index contributed by atoms with van der Waals surface area (Å²) >= 11 is 0. The van der Waals surface area contributed by atoms with Crippen LogP contribution in [-0.2, 0) is 17.9 Å². The normalized spacial score (nSPS) is 19.1. The highest BCUT2D eigenvalue weighted by atomic mass is 16.5. The van der Waals surface area contributed by atoms with Gasteiger partial charge in [-0.15, -0.1) is 0 Å². The number of rotatable bonds is 6. The summed E-state index contributed by atoms with van der Waals surface area (Å²) in [4.78, 5) is 14.2. The SMILES string of the molecule is COc1ccc(CNC(=O)C2CC[NH+](Cc3cccc4ccccc34)CC2)cc1. The molecule has 1 amide bonds. The maximum absolute atomic E-state index is 12.6. The highest BCUT2D eigenvalue weighted by molar-refractivity contribution is 5.85. The van der Waals surface area contributed by atoms with Crippen molar-refractivity contribution in [3.8, 4) is 5.75 Å². The van der Waals surface area contributed by atoms with Crippen LogP contribution in [0.4, 0.5) is 0 Å². The molecule has 3 aromatic rings. The van der Waals surface area contributed by atoms with E-state index in [0.29, 0.717) is 6.54 Å². The van der Waals surface area contributed by atoms with Gasteiger partial charge in [-0.05, 0) is 28.5 Å². The summed E-state index contributed by atoms with van der Waals surface area (Å²) in [5.74, 6) is 1.15. The molecule has 4 rings (SSSR count). The van der Waals surface area contributed by atoms with Crippen molar-refractivity contribution in [2.24, 2.45) is 5.92 Å². The largest absolute Gasteiger partial charge is 0.497 e. The lowest BCUT2D eigenvalue weighted by Gasteiger charge is -2.29. The van der Waals surface area contributed by atoms with Crippen molar-refractivity contribution in [3.63, 3.8) is 0 Å². The maximum atomic E-state index is 12.6. The van der Waals surface area contributed by atoms with Crippen molar-refractivity contribution in [2.45, 2.75) is 25.9 Å². The Hall–Kier alpha value is -2.85. The third-order valence-electron chi connectivity index (χ3n) is 6.01. The van der Waals surface area contributed by atoms with Crippen molar-refractivity contribution >= 4 is 16.7 Å². The van der Waals surface area contributed by atoms with E-state index >= 15 is 0 Å². The third-order valence-corrected chi connectivity index (χ3v) is 6.01. The summed E-state index contributed by atoms with van der Waals surface area (Å²) in [6.45, 7) is 3.70. The zero-order valence-corrected chi connectivity index (χ0v) is 17.0. The predicted octanol–water partition coefficient (Wildman–Crippen LogP) is 2.96. The van der Waals surface area contributed by atoms with Crippen LogP contribution in [0.1, 0.15) is 24.0 Å². The molecule has 0 bridgehead atoms. The van der Waals surface area contributed by atoms with Gasteiger partial charge in [0.25, 0.3) is 0 Å². The smallest absolute Gasteiger partial charge is 0.223 e. The summed E-state index contributed by atoms with van der Waals surface area (Å²) < 4.78 is 5.18. The number of carbonyl (C=O) groups is 1. The molecule has 4 nitrogen and oxygen atoms in total.